The third kappa shape index (κ3) is 4.81. The van der Waals surface area contributed by atoms with E-state index in [1.807, 2.05) is 29.6 Å². The summed E-state index contributed by atoms with van der Waals surface area (Å²) in [5, 5.41) is 7.13. The van der Waals surface area contributed by atoms with Crippen LogP contribution in [0.1, 0.15) is 29.3 Å². The number of nitrogens with one attached hydrogen (secondary N) is 1. The zero-order valence-electron chi connectivity index (χ0n) is 16.5. The van der Waals surface area contributed by atoms with Crippen molar-refractivity contribution in [1.82, 2.24) is 5.43 Å². The molecule has 3 rings (SSSR count). The molecule has 6 nitrogen and oxygen atoms in total. The number of carbonyl (C=O) groups excluding carboxylic acids is 2. The molecule has 1 atom stereocenters. The molecule has 7 heteroatoms. The van der Waals surface area contributed by atoms with Gasteiger partial charge < -0.3 is 9.47 Å². The lowest BCUT2D eigenvalue weighted by Gasteiger charge is -2.11. The molecule has 0 saturated heterocycles. The summed E-state index contributed by atoms with van der Waals surface area (Å²) in [6, 6.07) is 13.0. The van der Waals surface area contributed by atoms with Gasteiger partial charge in [-0.25, -0.2) is 5.43 Å². The van der Waals surface area contributed by atoms with E-state index in [2.05, 4.69) is 10.5 Å². The number of nitrogens with zero attached hydrogens (tertiary/aromatic N) is 1. The van der Waals surface area contributed by atoms with Crippen LogP contribution in [0.25, 0.3) is 10.1 Å². The number of benzene rings is 2. The Morgan fingerprint density at radius 3 is 2.66 bits per heavy atom. The first-order valence-electron chi connectivity index (χ1n) is 9.08. The molecule has 29 heavy (non-hydrogen) atoms. The molecule has 0 saturated carbocycles. The summed E-state index contributed by atoms with van der Waals surface area (Å²) in [7, 11) is 3.04. The third-order valence-electron chi connectivity index (χ3n) is 4.53. The van der Waals surface area contributed by atoms with Crippen molar-refractivity contribution in [3.8, 4) is 11.5 Å². The lowest BCUT2D eigenvalue weighted by molar-refractivity contribution is -0.124. The van der Waals surface area contributed by atoms with Gasteiger partial charge in [-0.05, 0) is 24.3 Å². The molecule has 1 amide bonds. The molecule has 3 aromatic rings. The van der Waals surface area contributed by atoms with Crippen LogP contribution >= 0.6 is 11.3 Å². The van der Waals surface area contributed by atoms with Gasteiger partial charge in [0.2, 0.25) is 5.91 Å². The average molecular weight is 410 g/mol. The SMILES string of the molecule is COc1ccc(C(=O)C[C@@H](C)C(=O)N/N=C/c2csc3ccccc23)cc1OC. The molecule has 0 aliphatic carbocycles. The van der Waals surface area contributed by atoms with Crippen molar-refractivity contribution in [3.05, 3.63) is 59.0 Å². The summed E-state index contributed by atoms with van der Waals surface area (Å²) in [6.07, 6.45) is 1.69. The smallest absolute Gasteiger partial charge is 0.243 e. The Bertz CT molecular complexity index is 1060. The van der Waals surface area contributed by atoms with Crippen LogP contribution in [-0.2, 0) is 4.79 Å². The van der Waals surface area contributed by atoms with E-state index in [4.69, 9.17) is 9.47 Å². The maximum atomic E-state index is 12.5. The lowest BCUT2D eigenvalue weighted by Crippen LogP contribution is -2.26. The highest BCUT2D eigenvalue weighted by Gasteiger charge is 2.19. The van der Waals surface area contributed by atoms with Crippen LogP contribution < -0.4 is 14.9 Å². The number of carbonyl (C=O) groups is 2. The minimum atomic E-state index is -0.521. The minimum Gasteiger partial charge on any atom is -0.493 e. The Morgan fingerprint density at radius 2 is 1.90 bits per heavy atom. The molecule has 1 N–H and O–H groups in total. The lowest BCUT2D eigenvalue weighted by atomic mass is 9.99. The number of amides is 1. The topological polar surface area (TPSA) is 77.0 Å². The van der Waals surface area contributed by atoms with Gasteiger partial charge in [0, 0.05) is 38.9 Å². The van der Waals surface area contributed by atoms with Gasteiger partial charge in [-0.2, -0.15) is 5.10 Å². The number of fused-ring (bicyclic) bond motifs is 1. The van der Waals surface area contributed by atoms with E-state index >= 15 is 0 Å². The molecule has 0 unspecified atom stereocenters. The normalized spacial score (nSPS) is 12.1. The molecule has 2 aromatic carbocycles. The fourth-order valence-electron chi connectivity index (χ4n) is 2.87. The number of rotatable bonds is 8. The third-order valence-corrected chi connectivity index (χ3v) is 5.52. The number of hydrazone groups is 1. The highest BCUT2D eigenvalue weighted by molar-refractivity contribution is 7.17. The van der Waals surface area contributed by atoms with Gasteiger partial charge in [0.05, 0.1) is 20.4 Å². The van der Waals surface area contributed by atoms with Gasteiger partial charge in [0.1, 0.15) is 0 Å². The van der Waals surface area contributed by atoms with Crippen molar-refractivity contribution in [2.45, 2.75) is 13.3 Å². The Kier molecular flexibility index (Phi) is 6.61. The molecule has 0 aliphatic heterocycles. The van der Waals surface area contributed by atoms with Crippen LogP contribution in [0.5, 0.6) is 11.5 Å². The Hall–Kier alpha value is -3.19. The summed E-state index contributed by atoms with van der Waals surface area (Å²) in [4.78, 5) is 24.8. The van der Waals surface area contributed by atoms with Gasteiger partial charge in [-0.1, -0.05) is 25.1 Å². The zero-order valence-corrected chi connectivity index (χ0v) is 17.3. The molecule has 0 aliphatic rings. The van der Waals surface area contributed by atoms with Crippen molar-refractivity contribution >= 4 is 39.3 Å². The van der Waals surface area contributed by atoms with Crippen LogP contribution in [0.3, 0.4) is 0 Å². The molecule has 1 aromatic heterocycles. The highest BCUT2D eigenvalue weighted by Crippen LogP contribution is 2.28. The second-order valence-electron chi connectivity index (χ2n) is 6.52. The van der Waals surface area contributed by atoms with Crippen molar-refractivity contribution in [1.29, 1.82) is 0 Å². The zero-order chi connectivity index (χ0) is 20.8. The summed E-state index contributed by atoms with van der Waals surface area (Å²) >= 11 is 1.62. The quantitative estimate of drug-likeness (QED) is 0.342. The molecule has 0 bridgehead atoms. The Morgan fingerprint density at radius 1 is 1.14 bits per heavy atom. The maximum absolute atomic E-state index is 12.5. The van der Waals surface area contributed by atoms with Crippen LogP contribution in [0.15, 0.2) is 52.9 Å². The number of ether oxygens (including phenoxy) is 2. The van der Waals surface area contributed by atoms with Crippen molar-refractivity contribution in [3.63, 3.8) is 0 Å². The van der Waals surface area contributed by atoms with Gasteiger partial charge in [-0.15, -0.1) is 11.3 Å². The van der Waals surface area contributed by atoms with Gasteiger partial charge in [0.25, 0.3) is 0 Å². The monoisotopic (exact) mass is 410 g/mol. The molecular formula is C22H22N2O4S. The fourth-order valence-corrected chi connectivity index (χ4v) is 3.78. The van der Waals surface area contributed by atoms with E-state index in [0.29, 0.717) is 17.1 Å². The summed E-state index contributed by atoms with van der Waals surface area (Å²) in [6.45, 7) is 1.70. The number of hydrogen-bond donors (Lipinski definition) is 1. The first kappa shape index (κ1) is 20.5. The Balaban J connectivity index is 1.59. The van der Waals surface area contributed by atoms with E-state index in [-0.39, 0.29) is 18.1 Å². The van der Waals surface area contributed by atoms with E-state index in [9.17, 15) is 9.59 Å². The highest BCUT2D eigenvalue weighted by atomic mass is 32.1. The molecule has 1 heterocycles. The largest absolute Gasteiger partial charge is 0.493 e. The van der Waals surface area contributed by atoms with E-state index in [0.717, 1.165) is 15.6 Å². The number of Topliss-reactive ketones (excluding diaryl/α,β-unsaturated/α-hetero) is 1. The van der Waals surface area contributed by atoms with Crippen molar-refractivity contribution in [2.24, 2.45) is 11.0 Å². The maximum Gasteiger partial charge on any atom is 0.243 e. The molecule has 0 fully saturated rings. The number of methoxy groups -OCH3 is 2. The molecular weight excluding hydrogens is 388 g/mol. The Labute approximate surface area is 173 Å². The fraction of sp³-hybridized carbons (Fsp3) is 0.227. The predicted octanol–water partition coefficient (Wildman–Crippen LogP) is 4.28. The first-order chi connectivity index (χ1) is 14.0. The van der Waals surface area contributed by atoms with Crippen molar-refractivity contribution < 1.29 is 19.1 Å². The van der Waals surface area contributed by atoms with Gasteiger partial charge in [-0.3, -0.25) is 9.59 Å². The number of ketones is 1. The number of thiophene rings is 1. The summed E-state index contributed by atoms with van der Waals surface area (Å²) in [5.41, 5.74) is 3.93. The predicted molar refractivity (Wildman–Crippen MR) is 115 cm³/mol. The van der Waals surface area contributed by atoms with Crippen LogP contribution in [0.4, 0.5) is 0 Å². The van der Waals surface area contributed by atoms with Gasteiger partial charge in [0.15, 0.2) is 17.3 Å². The average Bonchev–Trinajstić information content (AvgIpc) is 3.16. The van der Waals surface area contributed by atoms with Crippen LogP contribution in [-0.4, -0.2) is 32.1 Å². The molecule has 0 radical (unpaired) electrons. The number of hydrogen-bond acceptors (Lipinski definition) is 6. The minimum absolute atomic E-state index is 0.0677. The van der Waals surface area contributed by atoms with Crippen molar-refractivity contribution in [2.75, 3.05) is 14.2 Å². The summed E-state index contributed by atoms with van der Waals surface area (Å²) in [5.74, 6) is 0.0381. The first-order valence-corrected chi connectivity index (χ1v) is 9.95. The van der Waals surface area contributed by atoms with E-state index < -0.39 is 5.92 Å². The summed E-state index contributed by atoms with van der Waals surface area (Å²) < 4.78 is 11.6. The van der Waals surface area contributed by atoms with E-state index in [1.54, 1.807) is 42.7 Å². The second kappa shape index (κ2) is 9.34. The molecule has 0 spiro atoms. The van der Waals surface area contributed by atoms with E-state index in [1.165, 1.54) is 14.2 Å². The standard InChI is InChI=1S/C22H22N2O4S/c1-14(10-18(25)15-8-9-19(27-2)20(11-15)28-3)22(26)24-23-12-16-13-29-21-7-5-4-6-17(16)21/h4-9,11-14H,10H2,1-3H3,(H,24,26)/b23-12+/t14-/m1/s1. The molecule has 150 valence electrons. The van der Waals surface area contributed by atoms with Crippen LogP contribution in [0, 0.1) is 5.92 Å². The van der Waals surface area contributed by atoms with Crippen LogP contribution in [0.2, 0.25) is 0 Å². The van der Waals surface area contributed by atoms with Gasteiger partial charge >= 0.3 is 0 Å². The second-order valence-corrected chi connectivity index (χ2v) is 7.43.